The van der Waals surface area contributed by atoms with E-state index in [9.17, 15) is 4.79 Å². The van der Waals surface area contributed by atoms with Gasteiger partial charge in [-0.05, 0) is 40.9 Å². The summed E-state index contributed by atoms with van der Waals surface area (Å²) in [6.07, 6.45) is 1.06. The van der Waals surface area contributed by atoms with Gasteiger partial charge in [0, 0.05) is 23.8 Å². The van der Waals surface area contributed by atoms with Gasteiger partial charge in [0.15, 0.2) is 0 Å². The smallest absolute Gasteiger partial charge is 0.244 e. The number of carbonyl (C=O) groups excluding carboxylic acids is 1. The number of ether oxygens (including phenoxy) is 2. The van der Waals surface area contributed by atoms with Gasteiger partial charge in [0.05, 0.1) is 12.8 Å². The molecule has 0 atom stereocenters. The predicted octanol–water partition coefficient (Wildman–Crippen LogP) is 1.90. The van der Waals surface area contributed by atoms with Crippen molar-refractivity contribution in [2.45, 2.75) is 18.4 Å². The number of halogens is 1. The highest BCUT2D eigenvalue weighted by Crippen LogP contribution is 2.28. The van der Waals surface area contributed by atoms with Crippen molar-refractivity contribution in [1.82, 2.24) is 0 Å². The molecular formula is C13H17BrN2O3. The average Bonchev–Trinajstić information content (AvgIpc) is 2.42. The van der Waals surface area contributed by atoms with Crippen LogP contribution in [0.1, 0.15) is 12.8 Å². The van der Waals surface area contributed by atoms with Gasteiger partial charge in [-0.15, -0.1) is 0 Å². The number of rotatable bonds is 3. The Balaban J connectivity index is 2.14. The average molecular weight is 329 g/mol. The van der Waals surface area contributed by atoms with Crippen LogP contribution >= 0.6 is 15.9 Å². The molecule has 0 saturated carbocycles. The van der Waals surface area contributed by atoms with Gasteiger partial charge < -0.3 is 20.5 Å². The number of hydrogen-bond acceptors (Lipinski definition) is 4. The molecule has 1 aliphatic rings. The standard InChI is InChI=1S/C13H17BrN2O3/c1-18-9-2-3-10(14)11(8-9)16-12(17)13(15)4-6-19-7-5-13/h2-3,8H,4-7,15H2,1H3,(H,16,17). The molecule has 1 aromatic rings. The zero-order chi connectivity index (χ0) is 13.9. The normalized spacial score (nSPS) is 17.8. The maximum absolute atomic E-state index is 12.3. The fourth-order valence-electron chi connectivity index (χ4n) is 1.94. The Kier molecular flexibility index (Phi) is 4.44. The van der Waals surface area contributed by atoms with Gasteiger partial charge in [-0.3, -0.25) is 4.79 Å². The molecule has 1 aliphatic heterocycles. The van der Waals surface area contributed by atoms with E-state index < -0.39 is 5.54 Å². The lowest BCUT2D eigenvalue weighted by atomic mass is 9.90. The van der Waals surface area contributed by atoms with Crippen LogP contribution in [0.25, 0.3) is 0 Å². The minimum atomic E-state index is -0.860. The molecule has 1 saturated heterocycles. The number of hydrogen-bond donors (Lipinski definition) is 2. The summed E-state index contributed by atoms with van der Waals surface area (Å²) in [6, 6.07) is 5.39. The summed E-state index contributed by atoms with van der Waals surface area (Å²) >= 11 is 3.39. The molecule has 0 radical (unpaired) electrons. The fraction of sp³-hybridized carbons (Fsp3) is 0.462. The minimum Gasteiger partial charge on any atom is -0.497 e. The molecule has 1 aromatic carbocycles. The number of nitrogens with one attached hydrogen (secondary N) is 1. The van der Waals surface area contributed by atoms with Crippen LogP contribution < -0.4 is 15.8 Å². The molecule has 6 heteroatoms. The highest BCUT2D eigenvalue weighted by molar-refractivity contribution is 9.10. The van der Waals surface area contributed by atoms with Crippen molar-refractivity contribution in [3.63, 3.8) is 0 Å². The lowest BCUT2D eigenvalue weighted by molar-refractivity contribution is -0.124. The molecule has 0 bridgehead atoms. The van der Waals surface area contributed by atoms with Crippen LogP contribution in [0.2, 0.25) is 0 Å². The third-order valence-corrected chi connectivity index (χ3v) is 3.95. The van der Waals surface area contributed by atoms with E-state index in [2.05, 4.69) is 21.2 Å². The van der Waals surface area contributed by atoms with E-state index in [4.69, 9.17) is 15.2 Å². The van der Waals surface area contributed by atoms with Gasteiger partial charge in [0.2, 0.25) is 5.91 Å². The maximum atomic E-state index is 12.3. The largest absolute Gasteiger partial charge is 0.497 e. The van der Waals surface area contributed by atoms with Crippen LogP contribution in [0.3, 0.4) is 0 Å². The first-order valence-electron chi connectivity index (χ1n) is 6.07. The molecule has 0 unspecified atom stereocenters. The zero-order valence-electron chi connectivity index (χ0n) is 10.7. The van der Waals surface area contributed by atoms with Crippen molar-refractivity contribution >= 4 is 27.5 Å². The van der Waals surface area contributed by atoms with E-state index in [0.29, 0.717) is 37.5 Å². The Morgan fingerprint density at radius 2 is 2.16 bits per heavy atom. The molecule has 104 valence electrons. The van der Waals surface area contributed by atoms with Crippen molar-refractivity contribution in [1.29, 1.82) is 0 Å². The Morgan fingerprint density at radius 1 is 1.47 bits per heavy atom. The van der Waals surface area contributed by atoms with Crippen LogP contribution in [0.5, 0.6) is 5.75 Å². The summed E-state index contributed by atoms with van der Waals surface area (Å²) in [5.41, 5.74) is 5.93. The minimum absolute atomic E-state index is 0.190. The third-order valence-electron chi connectivity index (χ3n) is 3.26. The Labute approximate surface area is 120 Å². The summed E-state index contributed by atoms with van der Waals surface area (Å²) < 4.78 is 11.2. The molecule has 3 N–H and O–H groups in total. The highest BCUT2D eigenvalue weighted by Gasteiger charge is 2.36. The van der Waals surface area contributed by atoms with Crippen LogP contribution in [0.4, 0.5) is 5.69 Å². The number of carbonyl (C=O) groups is 1. The van der Waals surface area contributed by atoms with Crippen molar-refractivity contribution in [2.75, 3.05) is 25.6 Å². The van der Waals surface area contributed by atoms with Crippen molar-refractivity contribution in [2.24, 2.45) is 5.73 Å². The molecule has 1 heterocycles. The van der Waals surface area contributed by atoms with E-state index in [1.807, 2.05) is 12.1 Å². The van der Waals surface area contributed by atoms with Gasteiger partial charge in [0.25, 0.3) is 0 Å². The van der Waals surface area contributed by atoms with E-state index in [-0.39, 0.29) is 5.91 Å². The molecule has 1 amide bonds. The van der Waals surface area contributed by atoms with Crippen LogP contribution in [-0.2, 0) is 9.53 Å². The Morgan fingerprint density at radius 3 is 2.79 bits per heavy atom. The number of amides is 1. The number of benzene rings is 1. The molecular weight excluding hydrogens is 312 g/mol. The number of nitrogens with two attached hydrogens (primary N) is 1. The first kappa shape index (κ1) is 14.3. The topological polar surface area (TPSA) is 73.6 Å². The SMILES string of the molecule is COc1ccc(Br)c(NC(=O)C2(N)CCOCC2)c1. The molecule has 19 heavy (non-hydrogen) atoms. The van der Waals surface area contributed by atoms with E-state index in [1.165, 1.54) is 0 Å². The molecule has 2 rings (SSSR count). The first-order chi connectivity index (χ1) is 9.05. The summed E-state index contributed by atoms with van der Waals surface area (Å²) in [4.78, 5) is 12.3. The summed E-state index contributed by atoms with van der Waals surface area (Å²) in [5.74, 6) is 0.487. The molecule has 0 aromatic heterocycles. The predicted molar refractivity (Wildman–Crippen MR) is 76.3 cm³/mol. The first-order valence-corrected chi connectivity index (χ1v) is 6.86. The summed E-state index contributed by atoms with van der Waals surface area (Å²) in [7, 11) is 1.58. The summed E-state index contributed by atoms with van der Waals surface area (Å²) in [6.45, 7) is 1.03. The van der Waals surface area contributed by atoms with Gasteiger partial charge in [-0.1, -0.05) is 0 Å². The number of anilines is 1. The highest BCUT2D eigenvalue weighted by atomic mass is 79.9. The summed E-state index contributed by atoms with van der Waals surface area (Å²) in [5, 5.41) is 2.85. The molecule has 5 nitrogen and oxygen atoms in total. The molecule has 0 aliphatic carbocycles. The van der Waals surface area contributed by atoms with Crippen molar-refractivity contribution < 1.29 is 14.3 Å². The van der Waals surface area contributed by atoms with Crippen LogP contribution in [0.15, 0.2) is 22.7 Å². The van der Waals surface area contributed by atoms with Gasteiger partial charge in [0.1, 0.15) is 11.3 Å². The lowest BCUT2D eigenvalue weighted by Gasteiger charge is -2.31. The second kappa shape index (κ2) is 5.90. The van der Waals surface area contributed by atoms with E-state index in [0.717, 1.165) is 4.47 Å². The maximum Gasteiger partial charge on any atom is 0.244 e. The second-order valence-corrected chi connectivity index (χ2v) is 5.42. The second-order valence-electron chi connectivity index (χ2n) is 4.57. The quantitative estimate of drug-likeness (QED) is 0.888. The van der Waals surface area contributed by atoms with E-state index >= 15 is 0 Å². The van der Waals surface area contributed by atoms with Gasteiger partial charge >= 0.3 is 0 Å². The van der Waals surface area contributed by atoms with Crippen LogP contribution in [0, 0.1) is 0 Å². The Hall–Kier alpha value is -1.11. The Bertz CT molecular complexity index is 473. The molecule has 0 spiro atoms. The lowest BCUT2D eigenvalue weighted by Crippen LogP contribution is -2.54. The fourth-order valence-corrected chi connectivity index (χ4v) is 2.28. The third kappa shape index (κ3) is 3.26. The van der Waals surface area contributed by atoms with E-state index in [1.54, 1.807) is 13.2 Å². The number of methoxy groups -OCH3 is 1. The zero-order valence-corrected chi connectivity index (χ0v) is 12.3. The molecule has 1 fully saturated rings. The monoisotopic (exact) mass is 328 g/mol. The van der Waals surface area contributed by atoms with Crippen LogP contribution in [-0.4, -0.2) is 31.8 Å². The van der Waals surface area contributed by atoms with Gasteiger partial charge in [-0.25, -0.2) is 0 Å². The van der Waals surface area contributed by atoms with Crippen molar-refractivity contribution in [3.8, 4) is 5.75 Å². The van der Waals surface area contributed by atoms with Crippen molar-refractivity contribution in [3.05, 3.63) is 22.7 Å². The van der Waals surface area contributed by atoms with Gasteiger partial charge in [-0.2, -0.15) is 0 Å².